The molecule has 0 aliphatic carbocycles. The van der Waals surface area contributed by atoms with Gasteiger partial charge >= 0.3 is 11.7 Å². The number of aromatic nitrogens is 4. The Morgan fingerprint density at radius 1 is 1.33 bits per heavy atom. The standard InChI is InChI=1S/C14H21ClN5O/c1-9(2)19-6-5-7-20-11(8-19)12(15)13(16-20)14-17-21-10(3)18(14)4/h9H,5-8H2,1-4H3/q+1. The highest BCUT2D eigenvalue weighted by Crippen LogP contribution is 2.30. The molecular weight excluding hydrogens is 290 g/mol. The fraction of sp³-hybridized carbons (Fsp3) is 0.643. The second-order valence-electron chi connectivity index (χ2n) is 5.83. The molecule has 1 aliphatic rings. The van der Waals surface area contributed by atoms with Crippen molar-refractivity contribution in [1.29, 1.82) is 0 Å². The number of rotatable bonds is 2. The van der Waals surface area contributed by atoms with E-state index >= 15 is 0 Å². The predicted molar refractivity (Wildman–Crippen MR) is 78.8 cm³/mol. The maximum Gasteiger partial charge on any atom is 0.402 e. The summed E-state index contributed by atoms with van der Waals surface area (Å²) in [5.74, 6) is 1.40. The molecule has 3 heterocycles. The van der Waals surface area contributed by atoms with Gasteiger partial charge in [-0.15, -0.1) is 0 Å². The SMILES string of the molecule is Cc1onc(-c2nn3c(c2Cl)CN(C(C)C)CCC3)[n+]1C. The van der Waals surface area contributed by atoms with Gasteiger partial charge in [-0.25, -0.2) is 4.52 Å². The summed E-state index contributed by atoms with van der Waals surface area (Å²) in [6.45, 7) is 9.07. The number of fused-ring (bicyclic) bond motifs is 1. The van der Waals surface area contributed by atoms with Crippen molar-refractivity contribution in [2.75, 3.05) is 6.54 Å². The highest BCUT2D eigenvalue weighted by atomic mass is 35.5. The van der Waals surface area contributed by atoms with E-state index in [4.69, 9.17) is 16.1 Å². The normalized spacial score (nSPS) is 16.3. The Labute approximate surface area is 129 Å². The average molecular weight is 311 g/mol. The van der Waals surface area contributed by atoms with E-state index < -0.39 is 0 Å². The number of hydrogen-bond donors (Lipinski definition) is 0. The van der Waals surface area contributed by atoms with Crippen LogP contribution >= 0.6 is 11.6 Å². The Morgan fingerprint density at radius 2 is 2.10 bits per heavy atom. The van der Waals surface area contributed by atoms with Crippen molar-refractivity contribution < 1.29 is 9.09 Å². The van der Waals surface area contributed by atoms with Gasteiger partial charge in [0.15, 0.2) is 5.16 Å². The van der Waals surface area contributed by atoms with Gasteiger partial charge < -0.3 is 0 Å². The maximum absolute atomic E-state index is 6.60. The number of halogens is 1. The largest absolute Gasteiger partial charge is 0.402 e. The van der Waals surface area contributed by atoms with Gasteiger partial charge in [0.2, 0.25) is 5.69 Å². The molecule has 0 saturated carbocycles. The molecule has 0 fully saturated rings. The lowest BCUT2D eigenvalue weighted by Gasteiger charge is -2.23. The van der Waals surface area contributed by atoms with Crippen LogP contribution in [0.15, 0.2) is 4.52 Å². The van der Waals surface area contributed by atoms with Gasteiger partial charge in [0.05, 0.1) is 17.8 Å². The molecule has 0 radical (unpaired) electrons. The second-order valence-corrected chi connectivity index (χ2v) is 6.21. The summed E-state index contributed by atoms with van der Waals surface area (Å²) in [5, 5.41) is 9.43. The second kappa shape index (κ2) is 5.42. The minimum absolute atomic E-state index is 0.497. The molecule has 0 amide bonds. The first-order chi connectivity index (χ1) is 9.99. The molecule has 7 heteroatoms. The van der Waals surface area contributed by atoms with Gasteiger partial charge in [0.25, 0.3) is 0 Å². The lowest BCUT2D eigenvalue weighted by molar-refractivity contribution is -0.671. The highest BCUT2D eigenvalue weighted by molar-refractivity contribution is 6.33. The van der Waals surface area contributed by atoms with Crippen molar-refractivity contribution >= 4 is 11.6 Å². The van der Waals surface area contributed by atoms with Crippen molar-refractivity contribution in [3.63, 3.8) is 0 Å². The summed E-state index contributed by atoms with van der Waals surface area (Å²) in [5.41, 5.74) is 1.77. The summed E-state index contributed by atoms with van der Waals surface area (Å²) in [4.78, 5) is 2.42. The van der Waals surface area contributed by atoms with Crippen LogP contribution in [-0.4, -0.2) is 32.4 Å². The number of aryl methyl sites for hydroxylation is 2. The lowest BCUT2D eigenvalue weighted by atomic mass is 10.2. The topological polar surface area (TPSA) is 51.0 Å². The van der Waals surface area contributed by atoms with Gasteiger partial charge in [-0.3, -0.25) is 9.58 Å². The Bertz CT molecular complexity index is 661. The first kappa shape index (κ1) is 14.5. The molecule has 3 rings (SSSR count). The van der Waals surface area contributed by atoms with Crippen LogP contribution in [0.25, 0.3) is 11.5 Å². The van der Waals surface area contributed by atoms with E-state index in [0.29, 0.717) is 22.6 Å². The van der Waals surface area contributed by atoms with E-state index in [1.54, 1.807) is 0 Å². The zero-order chi connectivity index (χ0) is 15.1. The molecule has 2 aromatic rings. The molecule has 0 N–H and O–H groups in total. The van der Waals surface area contributed by atoms with Crippen LogP contribution in [0.2, 0.25) is 5.02 Å². The first-order valence-electron chi connectivity index (χ1n) is 7.31. The van der Waals surface area contributed by atoms with Crippen LogP contribution in [0.1, 0.15) is 31.9 Å². The van der Waals surface area contributed by atoms with Crippen molar-refractivity contribution in [3.8, 4) is 11.5 Å². The van der Waals surface area contributed by atoms with Crippen LogP contribution in [-0.2, 0) is 20.1 Å². The van der Waals surface area contributed by atoms with Gasteiger partial charge in [-0.05, 0) is 20.3 Å². The fourth-order valence-corrected chi connectivity index (χ4v) is 2.95. The zero-order valence-corrected chi connectivity index (χ0v) is 13.7. The summed E-state index contributed by atoms with van der Waals surface area (Å²) < 4.78 is 9.10. The lowest BCUT2D eigenvalue weighted by Crippen LogP contribution is -2.32. The van der Waals surface area contributed by atoms with Crippen LogP contribution < -0.4 is 4.57 Å². The Balaban J connectivity index is 2.04. The van der Waals surface area contributed by atoms with E-state index in [0.717, 1.165) is 37.6 Å². The van der Waals surface area contributed by atoms with Gasteiger partial charge in [0.1, 0.15) is 0 Å². The highest BCUT2D eigenvalue weighted by Gasteiger charge is 2.31. The zero-order valence-electron chi connectivity index (χ0n) is 12.9. The Morgan fingerprint density at radius 3 is 2.71 bits per heavy atom. The molecule has 0 bridgehead atoms. The van der Waals surface area contributed by atoms with Crippen molar-refractivity contribution in [3.05, 3.63) is 16.6 Å². The first-order valence-corrected chi connectivity index (χ1v) is 7.68. The molecule has 6 nitrogen and oxygen atoms in total. The third-order valence-electron chi connectivity index (χ3n) is 4.16. The molecule has 114 valence electrons. The third-order valence-corrected chi connectivity index (χ3v) is 4.56. The quantitative estimate of drug-likeness (QED) is 0.796. The Kier molecular flexibility index (Phi) is 3.75. The van der Waals surface area contributed by atoms with Gasteiger partial charge in [-0.2, -0.15) is 9.67 Å². The average Bonchev–Trinajstić information content (AvgIpc) is 2.83. The van der Waals surface area contributed by atoms with Crippen LogP contribution in [0.4, 0.5) is 0 Å². The maximum atomic E-state index is 6.60. The predicted octanol–water partition coefficient (Wildman–Crippen LogP) is 1.94. The van der Waals surface area contributed by atoms with Gasteiger partial charge in [-0.1, -0.05) is 11.6 Å². The molecule has 0 aromatic carbocycles. The van der Waals surface area contributed by atoms with Gasteiger partial charge in [0, 0.05) is 32.6 Å². The van der Waals surface area contributed by atoms with E-state index in [9.17, 15) is 0 Å². The summed E-state index contributed by atoms with van der Waals surface area (Å²) in [6.07, 6.45) is 1.08. The molecule has 2 aromatic heterocycles. The molecule has 0 unspecified atom stereocenters. The monoisotopic (exact) mass is 310 g/mol. The summed E-state index contributed by atoms with van der Waals surface area (Å²) >= 11 is 6.60. The molecular formula is C14H21ClN5O+. The smallest absolute Gasteiger partial charge is 0.295 e. The minimum Gasteiger partial charge on any atom is -0.295 e. The van der Waals surface area contributed by atoms with Crippen LogP contribution in [0.3, 0.4) is 0 Å². The minimum atomic E-state index is 0.497. The summed E-state index contributed by atoms with van der Waals surface area (Å²) in [6, 6.07) is 0.497. The van der Waals surface area contributed by atoms with E-state index in [1.165, 1.54) is 0 Å². The number of hydrogen-bond acceptors (Lipinski definition) is 4. The Hall–Kier alpha value is -1.40. The van der Waals surface area contributed by atoms with E-state index in [-0.39, 0.29) is 0 Å². The van der Waals surface area contributed by atoms with E-state index in [2.05, 4.69) is 29.0 Å². The molecule has 0 saturated heterocycles. The fourth-order valence-electron chi connectivity index (χ4n) is 2.67. The molecule has 0 spiro atoms. The van der Waals surface area contributed by atoms with Crippen molar-refractivity contribution in [1.82, 2.24) is 19.8 Å². The van der Waals surface area contributed by atoms with E-state index in [1.807, 2.05) is 23.2 Å². The molecule has 1 aliphatic heterocycles. The third kappa shape index (κ3) is 2.46. The van der Waals surface area contributed by atoms with Crippen molar-refractivity contribution in [2.45, 2.75) is 46.3 Å². The molecule has 0 atom stereocenters. The number of nitrogens with zero attached hydrogens (tertiary/aromatic N) is 5. The molecule has 21 heavy (non-hydrogen) atoms. The van der Waals surface area contributed by atoms with Crippen molar-refractivity contribution in [2.24, 2.45) is 7.05 Å². The van der Waals surface area contributed by atoms with Crippen LogP contribution in [0, 0.1) is 6.92 Å². The summed E-state index contributed by atoms with van der Waals surface area (Å²) in [7, 11) is 1.91. The van der Waals surface area contributed by atoms with Crippen LogP contribution in [0.5, 0.6) is 0 Å².